The fourth-order valence-electron chi connectivity index (χ4n) is 2.18. The van der Waals surface area contributed by atoms with Crippen LogP contribution in [0.2, 0.25) is 0 Å². The Hall–Kier alpha value is -2.63. The van der Waals surface area contributed by atoms with Crippen molar-refractivity contribution in [1.82, 2.24) is 4.98 Å². The molecule has 1 aromatic carbocycles. The van der Waals surface area contributed by atoms with E-state index in [4.69, 9.17) is 5.11 Å². The van der Waals surface area contributed by atoms with Crippen molar-refractivity contribution < 1.29 is 14.8 Å². The summed E-state index contributed by atoms with van der Waals surface area (Å²) in [5.41, 5.74) is 1.86. The average molecular weight is 274 g/mol. The predicted octanol–water partition coefficient (Wildman–Crippen LogP) is 2.98. The predicted molar refractivity (Wildman–Crippen MR) is 75.5 cm³/mol. The second kappa shape index (κ2) is 5.16. The Morgan fingerprint density at radius 1 is 1.60 bits per heavy atom. The van der Waals surface area contributed by atoms with Crippen molar-refractivity contribution in [1.29, 1.82) is 0 Å². The summed E-state index contributed by atoms with van der Waals surface area (Å²) >= 11 is 0. The number of aromatic amines is 1. The molecule has 6 heteroatoms. The van der Waals surface area contributed by atoms with Gasteiger partial charge in [-0.05, 0) is 23.6 Å². The first-order valence-corrected chi connectivity index (χ1v) is 6.07. The van der Waals surface area contributed by atoms with Crippen LogP contribution >= 0.6 is 0 Å². The van der Waals surface area contributed by atoms with Gasteiger partial charge in [0.15, 0.2) is 0 Å². The van der Waals surface area contributed by atoms with Gasteiger partial charge < -0.3 is 10.1 Å². The highest BCUT2D eigenvalue weighted by molar-refractivity contribution is 5.94. The monoisotopic (exact) mass is 274 g/mol. The van der Waals surface area contributed by atoms with E-state index in [0.717, 1.165) is 0 Å². The lowest BCUT2D eigenvalue weighted by Gasteiger charge is -2.05. The van der Waals surface area contributed by atoms with E-state index in [0.29, 0.717) is 22.0 Å². The van der Waals surface area contributed by atoms with E-state index in [2.05, 4.69) is 11.6 Å². The fourth-order valence-corrected chi connectivity index (χ4v) is 2.18. The van der Waals surface area contributed by atoms with Crippen LogP contribution in [0, 0.1) is 16.0 Å². The number of rotatable bonds is 5. The molecule has 104 valence electrons. The summed E-state index contributed by atoms with van der Waals surface area (Å²) in [6.07, 6.45) is 3.40. The maximum absolute atomic E-state index is 11.2. The van der Waals surface area contributed by atoms with E-state index in [9.17, 15) is 14.9 Å². The Labute approximate surface area is 114 Å². The number of benzene rings is 1. The molecule has 0 aliphatic carbocycles. The summed E-state index contributed by atoms with van der Waals surface area (Å²) < 4.78 is 0. The Balaban J connectivity index is 2.61. The number of nitro benzene ring substituents is 1. The van der Waals surface area contributed by atoms with Gasteiger partial charge in [0.1, 0.15) is 0 Å². The first-order chi connectivity index (χ1) is 9.43. The standard InChI is InChI=1S/C14H14N2O4/c1-3-9-5-11-13(12(6-9)16(19)20)10(7-15-11)4-8(2)14(17)18/h3,5-8,15H,1,4H2,2H3,(H,17,18). The number of aliphatic carboxylic acids is 1. The van der Waals surface area contributed by atoms with Gasteiger partial charge in [-0.15, -0.1) is 0 Å². The molecule has 2 N–H and O–H groups in total. The fraction of sp³-hybridized carbons (Fsp3) is 0.214. The molecular formula is C14H14N2O4. The molecule has 2 rings (SSSR count). The quantitative estimate of drug-likeness (QED) is 0.647. The highest BCUT2D eigenvalue weighted by atomic mass is 16.6. The van der Waals surface area contributed by atoms with E-state index in [1.54, 1.807) is 19.2 Å². The SMILES string of the molecule is C=Cc1cc([N+](=O)[O-])c2c(CC(C)C(=O)O)c[nH]c2c1. The topological polar surface area (TPSA) is 96.2 Å². The average Bonchev–Trinajstić information content (AvgIpc) is 2.80. The maximum Gasteiger partial charge on any atom is 0.306 e. The largest absolute Gasteiger partial charge is 0.481 e. The number of nitrogens with zero attached hydrogens (tertiary/aromatic N) is 1. The number of nitro groups is 1. The number of carboxylic acid groups (broad SMARTS) is 1. The van der Waals surface area contributed by atoms with Crippen LogP contribution in [0.5, 0.6) is 0 Å². The second-order valence-electron chi connectivity index (χ2n) is 4.68. The molecular weight excluding hydrogens is 260 g/mol. The number of hydrogen-bond donors (Lipinski definition) is 2. The number of hydrogen-bond acceptors (Lipinski definition) is 3. The van der Waals surface area contributed by atoms with Crippen LogP contribution in [0.1, 0.15) is 18.1 Å². The van der Waals surface area contributed by atoms with Gasteiger partial charge in [-0.2, -0.15) is 0 Å². The highest BCUT2D eigenvalue weighted by Crippen LogP contribution is 2.32. The molecule has 0 amide bonds. The van der Waals surface area contributed by atoms with Crippen molar-refractivity contribution in [3.05, 3.63) is 46.1 Å². The lowest BCUT2D eigenvalue weighted by atomic mass is 9.99. The lowest BCUT2D eigenvalue weighted by molar-refractivity contribution is -0.383. The first kappa shape index (κ1) is 13.8. The molecule has 0 radical (unpaired) electrons. The Morgan fingerprint density at radius 3 is 2.85 bits per heavy atom. The Morgan fingerprint density at radius 2 is 2.30 bits per heavy atom. The molecule has 1 aromatic heterocycles. The zero-order chi connectivity index (χ0) is 14.9. The van der Waals surface area contributed by atoms with Gasteiger partial charge in [-0.25, -0.2) is 0 Å². The minimum absolute atomic E-state index is 0.0359. The van der Waals surface area contributed by atoms with Crippen molar-refractivity contribution in [2.24, 2.45) is 5.92 Å². The van der Waals surface area contributed by atoms with Gasteiger partial charge in [0.2, 0.25) is 0 Å². The summed E-state index contributed by atoms with van der Waals surface area (Å²) in [6.45, 7) is 5.18. The lowest BCUT2D eigenvalue weighted by Crippen LogP contribution is -2.12. The van der Waals surface area contributed by atoms with Crippen LogP contribution in [-0.2, 0) is 11.2 Å². The third kappa shape index (κ3) is 2.40. The smallest absolute Gasteiger partial charge is 0.306 e. The van der Waals surface area contributed by atoms with Gasteiger partial charge in [0.25, 0.3) is 5.69 Å². The molecule has 0 fully saturated rings. The van der Waals surface area contributed by atoms with Crippen molar-refractivity contribution >= 4 is 28.6 Å². The van der Waals surface area contributed by atoms with Gasteiger partial charge in [-0.1, -0.05) is 19.6 Å². The van der Waals surface area contributed by atoms with E-state index in [1.807, 2.05) is 0 Å². The molecule has 1 atom stereocenters. The number of H-pyrrole nitrogens is 1. The van der Waals surface area contributed by atoms with Gasteiger partial charge in [-0.3, -0.25) is 14.9 Å². The molecule has 0 bridgehead atoms. The molecule has 1 heterocycles. The minimum Gasteiger partial charge on any atom is -0.481 e. The molecule has 2 aromatic rings. The van der Waals surface area contributed by atoms with Crippen LogP contribution in [0.3, 0.4) is 0 Å². The number of non-ortho nitro benzene ring substituents is 1. The molecule has 0 saturated carbocycles. The first-order valence-electron chi connectivity index (χ1n) is 6.07. The molecule has 20 heavy (non-hydrogen) atoms. The van der Waals surface area contributed by atoms with E-state index < -0.39 is 16.8 Å². The van der Waals surface area contributed by atoms with Crippen molar-refractivity contribution in [2.75, 3.05) is 0 Å². The molecule has 1 unspecified atom stereocenters. The summed E-state index contributed by atoms with van der Waals surface area (Å²) in [4.78, 5) is 24.6. The van der Waals surface area contributed by atoms with Crippen LogP contribution < -0.4 is 0 Å². The van der Waals surface area contributed by atoms with E-state index >= 15 is 0 Å². The van der Waals surface area contributed by atoms with E-state index in [-0.39, 0.29) is 12.1 Å². The number of aromatic nitrogens is 1. The van der Waals surface area contributed by atoms with Crippen molar-refractivity contribution in [3.63, 3.8) is 0 Å². The summed E-state index contributed by atoms with van der Waals surface area (Å²) in [5, 5.41) is 20.6. The van der Waals surface area contributed by atoms with Crippen molar-refractivity contribution in [3.8, 4) is 0 Å². The van der Waals surface area contributed by atoms with Gasteiger partial charge in [0.05, 0.1) is 21.7 Å². The number of nitrogens with one attached hydrogen (secondary N) is 1. The molecule has 0 spiro atoms. The summed E-state index contributed by atoms with van der Waals surface area (Å²) in [7, 11) is 0. The van der Waals surface area contributed by atoms with Crippen LogP contribution in [0.25, 0.3) is 17.0 Å². The number of carbonyl (C=O) groups is 1. The zero-order valence-corrected chi connectivity index (χ0v) is 10.9. The highest BCUT2D eigenvalue weighted by Gasteiger charge is 2.21. The summed E-state index contributed by atoms with van der Waals surface area (Å²) in [6, 6.07) is 3.20. The van der Waals surface area contributed by atoms with Crippen LogP contribution in [0.4, 0.5) is 5.69 Å². The maximum atomic E-state index is 11.2. The molecule has 6 nitrogen and oxygen atoms in total. The normalized spacial score (nSPS) is 12.2. The van der Waals surface area contributed by atoms with Gasteiger partial charge in [0, 0.05) is 12.3 Å². The molecule has 0 aliphatic heterocycles. The third-order valence-electron chi connectivity index (χ3n) is 3.24. The summed E-state index contributed by atoms with van der Waals surface area (Å²) in [5.74, 6) is -1.53. The zero-order valence-electron chi connectivity index (χ0n) is 10.9. The van der Waals surface area contributed by atoms with Crippen LogP contribution in [0.15, 0.2) is 24.9 Å². The third-order valence-corrected chi connectivity index (χ3v) is 3.24. The second-order valence-corrected chi connectivity index (χ2v) is 4.68. The van der Waals surface area contributed by atoms with Crippen LogP contribution in [-0.4, -0.2) is 21.0 Å². The molecule has 0 aliphatic rings. The Kier molecular flexibility index (Phi) is 3.56. The number of fused-ring (bicyclic) bond motifs is 1. The minimum atomic E-state index is -0.926. The Bertz CT molecular complexity index is 703. The number of carboxylic acids is 1. The van der Waals surface area contributed by atoms with Gasteiger partial charge >= 0.3 is 5.97 Å². The van der Waals surface area contributed by atoms with Crippen molar-refractivity contribution in [2.45, 2.75) is 13.3 Å². The molecule has 0 saturated heterocycles. The van der Waals surface area contributed by atoms with E-state index in [1.165, 1.54) is 12.1 Å².